The maximum Gasteiger partial charge on any atom is 0.233 e. The number of para-hydroxylation sites is 1. The highest BCUT2D eigenvalue weighted by Crippen LogP contribution is 2.35. The molecule has 2 rings (SSSR count). The summed E-state index contributed by atoms with van der Waals surface area (Å²) in [6.45, 7) is 6.04. The SMILES string of the molecule is COc1ccccc1C1=CC(C(C)(C)C)=CC(=O)C1=O. The molecule has 0 aliphatic heterocycles. The highest BCUT2D eigenvalue weighted by molar-refractivity contribution is 6.58. The Labute approximate surface area is 118 Å². The van der Waals surface area contributed by atoms with Crippen LogP contribution in [-0.2, 0) is 9.59 Å². The van der Waals surface area contributed by atoms with Crippen molar-refractivity contribution in [1.82, 2.24) is 0 Å². The van der Waals surface area contributed by atoms with Crippen LogP contribution >= 0.6 is 0 Å². The predicted molar refractivity (Wildman–Crippen MR) is 78.5 cm³/mol. The van der Waals surface area contributed by atoms with Crippen molar-refractivity contribution in [2.24, 2.45) is 5.41 Å². The largest absolute Gasteiger partial charge is 0.496 e. The monoisotopic (exact) mass is 270 g/mol. The van der Waals surface area contributed by atoms with Crippen LogP contribution in [0.4, 0.5) is 0 Å². The molecule has 3 nitrogen and oxygen atoms in total. The van der Waals surface area contributed by atoms with E-state index in [9.17, 15) is 9.59 Å². The van der Waals surface area contributed by atoms with E-state index in [1.165, 1.54) is 6.08 Å². The fourth-order valence-electron chi connectivity index (χ4n) is 2.10. The van der Waals surface area contributed by atoms with Crippen LogP contribution in [-0.4, -0.2) is 18.7 Å². The number of benzene rings is 1. The first-order valence-electron chi connectivity index (χ1n) is 6.50. The van der Waals surface area contributed by atoms with Gasteiger partial charge in [-0.25, -0.2) is 0 Å². The molecule has 0 saturated heterocycles. The molecule has 104 valence electrons. The van der Waals surface area contributed by atoms with E-state index < -0.39 is 11.6 Å². The number of Topliss-reactive ketones (excluding diaryl/α,β-unsaturated/α-hetero) is 1. The maximum atomic E-state index is 12.1. The molecule has 0 amide bonds. The first kappa shape index (κ1) is 14.3. The number of carbonyl (C=O) groups excluding carboxylic acids is 2. The molecule has 3 heteroatoms. The van der Waals surface area contributed by atoms with Crippen molar-refractivity contribution >= 4 is 17.1 Å². The standard InChI is InChI=1S/C17H18O3/c1-17(2,3)11-9-13(16(19)14(18)10-11)12-7-5-6-8-15(12)20-4/h5-10H,1-4H3. The Hall–Kier alpha value is -2.16. The Bertz CT molecular complexity index is 628. The quantitative estimate of drug-likeness (QED) is 0.612. The molecule has 0 atom stereocenters. The molecule has 0 radical (unpaired) electrons. The van der Waals surface area contributed by atoms with Gasteiger partial charge in [0.1, 0.15) is 5.75 Å². The van der Waals surface area contributed by atoms with Crippen LogP contribution in [0.5, 0.6) is 5.75 Å². The van der Waals surface area contributed by atoms with Crippen LogP contribution in [0.2, 0.25) is 0 Å². The van der Waals surface area contributed by atoms with Gasteiger partial charge in [-0.05, 0) is 29.2 Å². The second-order valence-electron chi connectivity index (χ2n) is 5.80. The smallest absolute Gasteiger partial charge is 0.233 e. The van der Waals surface area contributed by atoms with Crippen molar-refractivity contribution in [1.29, 1.82) is 0 Å². The first-order chi connectivity index (χ1) is 9.34. The van der Waals surface area contributed by atoms with Gasteiger partial charge in [0, 0.05) is 11.1 Å². The van der Waals surface area contributed by atoms with Crippen molar-refractivity contribution < 1.29 is 14.3 Å². The zero-order valence-corrected chi connectivity index (χ0v) is 12.2. The topological polar surface area (TPSA) is 43.4 Å². The van der Waals surface area contributed by atoms with Crippen molar-refractivity contribution in [3.63, 3.8) is 0 Å². The fraction of sp³-hybridized carbons (Fsp3) is 0.294. The number of hydrogen-bond acceptors (Lipinski definition) is 3. The zero-order valence-electron chi connectivity index (χ0n) is 12.2. The van der Waals surface area contributed by atoms with E-state index in [1.807, 2.05) is 32.9 Å². The van der Waals surface area contributed by atoms with Crippen LogP contribution < -0.4 is 4.74 Å². The summed E-state index contributed by atoms with van der Waals surface area (Å²) in [5.74, 6) is -0.365. The zero-order chi connectivity index (χ0) is 14.9. The summed E-state index contributed by atoms with van der Waals surface area (Å²) in [5, 5.41) is 0. The molecule has 0 spiro atoms. The van der Waals surface area contributed by atoms with Crippen LogP contribution in [0.3, 0.4) is 0 Å². The Morgan fingerprint density at radius 3 is 2.25 bits per heavy atom. The molecule has 1 aromatic rings. The minimum atomic E-state index is -0.484. The summed E-state index contributed by atoms with van der Waals surface area (Å²) in [7, 11) is 1.55. The van der Waals surface area contributed by atoms with E-state index >= 15 is 0 Å². The van der Waals surface area contributed by atoms with Crippen molar-refractivity contribution in [3.05, 3.63) is 47.6 Å². The molecule has 0 aromatic heterocycles. The van der Waals surface area contributed by atoms with Gasteiger partial charge < -0.3 is 4.74 Å². The van der Waals surface area contributed by atoms with Crippen molar-refractivity contribution in [3.8, 4) is 5.75 Å². The number of hydrogen-bond donors (Lipinski definition) is 0. The van der Waals surface area contributed by atoms with Gasteiger partial charge >= 0.3 is 0 Å². The van der Waals surface area contributed by atoms with Gasteiger partial charge in [-0.2, -0.15) is 0 Å². The predicted octanol–water partition coefficient (Wildman–Crippen LogP) is 3.20. The molecule has 0 saturated carbocycles. The van der Waals surface area contributed by atoms with Gasteiger partial charge in [0.2, 0.25) is 11.6 Å². The summed E-state index contributed by atoms with van der Waals surface area (Å²) in [5.41, 5.74) is 1.72. The van der Waals surface area contributed by atoms with Crippen LogP contribution in [0, 0.1) is 5.41 Å². The maximum absolute atomic E-state index is 12.1. The fourth-order valence-corrected chi connectivity index (χ4v) is 2.10. The van der Waals surface area contributed by atoms with E-state index in [2.05, 4.69) is 0 Å². The van der Waals surface area contributed by atoms with E-state index in [1.54, 1.807) is 25.3 Å². The van der Waals surface area contributed by atoms with Crippen LogP contribution in [0.25, 0.3) is 5.57 Å². The minimum Gasteiger partial charge on any atom is -0.496 e. The molecule has 0 heterocycles. The summed E-state index contributed by atoms with van der Waals surface area (Å²) < 4.78 is 5.28. The Kier molecular flexibility index (Phi) is 3.62. The number of ketones is 2. The lowest BCUT2D eigenvalue weighted by Crippen LogP contribution is -2.22. The lowest BCUT2D eigenvalue weighted by molar-refractivity contribution is -0.130. The molecular formula is C17H18O3. The lowest BCUT2D eigenvalue weighted by Gasteiger charge is -2.24. The summed E-state index contributed by atoms with van der Waals surface area (Å²) in [6.07, 6.45) is 3.23. The lowest BCUT2D eigenvalue weighted by atomic mass is 9.80. The second kappa shape index (κ2) is 5.08. The molecule has 1 aliphatic rings. The van der Waals surface area contributed by atoms with Crippen molar-refractivity contribution in [2.75, 3.05) is 7.11 Å². The van der Waals surface area contributed by atoms with E-state index in [-0.39, 0.29) is 5.41 Å². The average molecular weight is 270 g/mol. The molecule has 0 fully saturated rings. The van der Waals surface area contributed by atoms with Gasteiger partial charge in [-0.3, -0.25) is 9.59 Å². The normalized spacial score (nSPS) is 15.8. The number of rotatable bonds is 2. The van der Waals surface area contributed by atoms with Gasteiger partial charge in [0.25, 0.3) is 0 Å². The van der Waals surface area contributed by atoms with Crippen LogP contribution in [0.15, 0.2) is 42.0 Å². The highest BCUT2D eigenvalue weighted by atomic mass is 16.5. The van der Waals surface area contributed by atoms with Gasteiger partial charge in [-0.15, -0.1) is 0 Å². The van der Waals surface area contributed by atoms with Gasteiger partial charge in [0.15, 0.2) is 0 Å². The summed E-state index contributed by atoms with van der Waals surface area (Å²) in [6, 6.07) is 7.23. The molecular weight excluding hydrogens is 252 g/mol. The molecule has 1 aromatic carbocycles. The highest BCUT2D eigenvalue weighted by Gasteiger charge is 2.29. The molecule has 0 bridgehead atoms. The average Bonchev–Trinajstić information content (AvgIpc) is 2.40. The number of methoxy groups -OCH3 is 1. The number of ether oxygens (including phenoxy) is 1. The third-order valence-corrected chi connectivity index (χ3v) is 3.32. The molecule has 20 heavy (non-hydrogen) atoms. The Balaban J connectivity index is 2.59. The molecule has 0 N–H and O–H groups in total. The first-order valence-corrected chi connectivity index (χ1v) is 6.50. The summed E-state index contributed by atoms with van der Waals surface area (Å²) in [4.78, 5) is 24.1. The van der Waals surface area contributed by atoms with Crippen LogP contribution in [0.1, 0.15) is 26.3 Å². The molecule has 1 aliphatic carbocycles. The van der Waals surface area contributed by atoms with E-state index in [4.69, 9.17) is 4.74 Å². The number of allylic oxidation sites excluding steroid dienone is 4. The van der Waals surface area contributed by atoms with Crippen molar-refractivity contribution in [2.45, 2.75) is 20.8 Å². The molecule has 0 unspecified atom stereocenters. The van der Waals surface area contributed by atoms with Gasteiger partial charge in [0.05, 0.1) is 7.11 Å². The van der Waals surface area contributed by atoms with Gasteiger partial charge in [-0.1, -0.05) is 39.0 Å². The third-order valence-electron chi connectivity index (χ3n) is 3.32. The third kappa shape index (κ3) is 2.57. The van der Waals surface area contributed by atoms with E-state index in [0.29, 0.717) is 16.9 Å². The number of carbonyl (C=O) groups is 2. The minimum absolute atomic E-state index is 0.191. The Morgan fingerprint density at radius 2 is 1.65 bits per heavy atom. The Morgan fingerprint density at radius 1 is 1.00 bits per heavy atom. The second-order valence-corrected chi connectivity index (χ2v) is 5.80. The summed E-state index contributed by atoms with van der Waals surface area (Å²) >= 11 is 0. The van der Waals surface area contributed by atoms with E-state index in [0.717, 1.165) is 5.57 Å².